The summed E-state index contributed by atoms with van der Waals surface area (Å²) in [7, 11) is 1.59. The zero-order valence-electron chi connectivity index (χ0n) is 9.51. The molecule has 3 N–H and O–H groups in total. The molecule has 0 unspecified atom stereocenters. The van der Waals surface area contributed by atoms with Crippen LogP contribution in [0.1, 0.15) is 30.4 Å². The van der Waals surface area contributed by atoms with E-state index in [0.29, 0.717) is 5.75 Å². The Bertz CT molecular complexity index is 428. The van der Waals surface area contributed by atoms with Gasteiger partial charge >= 0.3 is 0 Å². The van der Waals surface area contributed by atoms with Crippen molar-refractivity contribution in [3.63, 3.8) is 0 Å². The van der Waals surface area contributed by atoms with Gasteiger partial charge in [0.1, 0.15) is 11.5 Å². The number of nitrogens with two attached hydrogens (primary N) is 1. The molecule has 0 bridgehead atoms. The molecule has 3 nitrogen and oxygen atoms in total. The van der Waals surface area contributed by atoms with Gasteiger partial charge in [0, 0.05) is 16.7 Å². The van der Waals surface area contributed by atoms with Gasteiger partial charge in [0.15, 0.2) is 0 Å². The molecule has 0 spiro atoms. The highest BCUT2D eigenvalue weighted by Crippen LogP contribution is 2.47. The molecule has 88 valence electrons. The van der Waals surface area contributed by atoms with Gasteiger partial charge in [-0.05, 0) is 48.2 Å². The van der Waals surface area contributed by atoms with Crippen LogP contribution in [0.4, 0.5) is 0 Å². The molecule has 0 aliphatic heterocycles. The second-order valence-corrected chi connectivity index (χ2v) is 5.28. The summed E-state index contributed by atoms with van der Waals surface area (Å²) in [6, 6.07) is 1.88. The minimum absolute atomic E-state index is 0.266. The number of hydrogen-bond acceptors (Lipinski definition) is 3. The fourth-order valence-corrected chi connectivity index (χ4v) is 2.89. The first-order valence-electron chi connectivity index (χ1n) is 5.35. The maximum atomic E-state index is 10.2. The normalized spacial score (nSPS) is 18.0. The van der Waals surface area contributed by atoms with Gasteiger partial charge in [0.05, 0.1) is 11.6 Å². The molecule has 0 heterocycles. The van der Waals surface area contributed by atoms with Crippen LogP contribution in [0.25, 0.3) is 0 Å². The molecule has 0 atom stereocenters. The van der Waals surface area contributed by atoms with Crippen LogP contribution in [0.15, 0.2) is 10.5 Å². The van der Waals surface area contributed by atoms with Gasteiger partial charge in [-0.3, -0.25) is 0 Å². The first kappa shape index (κ1) is 11.7. The lowest BCUT2D eigenvalue weighted by Gasteiger charge is -2.39. The van der Waals surface area contributed by atoms with Crippen LogP contribution in [0, 0.1) is 6.92 Å². The zero-order chi connectivity index (χ0) is 11.9. The molecule has 1 aliphatic rings. The maximum Gasteiger partial charge on any atom is 0.139 e. The minimum Gasteiger partial charge on any atom is -0.507 e. The lowest BCUT2D eigenvalue weighted by Crippen LogP contribution is -2.43. The maximum absolute atomic E-state index is 10.2. The number of hydrogen-bond donors (Lipinski definition) is 2. The van der Waals surface area contributed by atoms with E-state index in [1.807, 2.05) is 13.0 Å². The van der Waals surface area contributed by atoms with Gasteiger partial charge in [-0.1, -0.05) is 0 Å². The van der Waals surface area contributed by atoms with Gasteiger partial charge in [0.2, 0.25) is 0 Å². The average molecular weight is 286 g/mol. The molecule has 2 rings (SSSR count). The Morgan fingerprint density at radius 2 is 2.12 bits per heavy atom. The number of rotatable bonds is 2. The Hall–Kier alpha value is -0.740. The number of methoxy groups -OCH3 is 1. The third-order valence-corrected chi connectivity index (χ3v) is 4.01. The lowest BCUT2D eigenvalue weighted by atomic mass is 9.72. The Morgan fingerprint density at radius 1 is 1.50 bits per heavy atom. The van der Waals surface area contributed by atoms with E-state index in [9.17, 15) is 5.11 Å². The van der Waals surface area contributed by atoms with E-state index in [1.165, 1.54) is 0 Å². The highest BCUT2D eigenvalue weighted by atomic mass is 79.9. The van der Waals surface area contributed by atoms with Gasteiger partial charge < -0.3 is 15.6 Å². The van der Waals surface area contributed by atoms with Crippen molar-refractivity contribution in [2.24, 2.45) is 5.73 Å². The number of aromatic hydroxyl groups is 1. The van der Waals surface area contributed by atoms with E-state index in [0.717, 1.165) is 34.9 Å². The smallest absolute Gasteiger partial charge is 0.139 e. The van der Waals surface area contributed by atoms with E-state index in [1.54, 1.807) is 7.11 Å². The third-order valence-electron chi connectivity index (χ3n) is 3.43. The second kappa shape index (κ2) is 3.93. The zero-order valence-corrected chi connectivity index (χ0v) is 11.1. The first-order valence-corrected chi connectivity index (χ1v) is 6.14. The summed E-state index contributed by atoms with van der Waals surface area (Å²) in [6.07, 6.45) is 2.98. The molecule has 0 aromatic heterocycles. The fourth-order valence-electron chi connectivity index (χ4n) is 2.21. The van der Waals surface area contributed by atoms with Crippen molar-refractivity contribution in [3.05, 3.63) is 21.7 Å². The van der Waals surface area contributed by atoms with Crippen molar-refractivity contribution in [2.45, 2.75) is 31.7 Å². The van der Waals surface area contributed by atoms with Crippen LogP contribution in [-0.4, -0.2) is 12.2 Å². The molecule has 1 saturated carbocycles. The highest BCUT2D eigenvalue weighted by Gasteiger charge is 2.37. The summed E-state index contributed by atoms with van der Waals surface area (Å²) in [6.45, 7) is 1.84. The largest absolute Gasteiger partial charge is 0.507 e. The van der Waals surface area contributed by atoms with Crippen molar-refractivity contribution < 1.29 is 9.84 Å². The molecule has 0 radical (unpaired) electrons. The number of ether oxygens (including phenoxy) is 1. The Balaban J connectivity index is 2.56. The summed E-state index contributed by atoms with van der Waals surface area (Å²) in [5.41, 5.74) is 7.44. The molecule has 1 fully saturated rings. The predicted molar refractivity (Wildman–Crippen MR) is 66.8 cm³/mol. The van der Waals surface area contributed by atoms with Gasteiger partial charge in [-0.25, -0.2) is 0 Å². The van der Waals surface area contributed by atoms with Crippen molar-refractivity contribution in [1.82, 2.24) is 0 Å². The predicted octanol–water partition coefficient (Wildman–Crippen LogP) is 2.81. The molecule has 4 heteroatoms. The summed E-state index contributed by atoms with van der Waals surface area (Å²) >= 11 is 3.45. The molecule has 0 amide bonds. The summed E-state index contributed by atoms with van der Waals surface area (Å²) < 4.78 is 6.07. The summed E-state index contributed by atoms with van der Waals surface area (Å²) in [4.78, 5) is 0. The monoisotopic (exact) mass is 285 g/mol. The lowest BCUT2D eigenvalue weighted by molar-refractivity contribution is 0.244. The molecule has 1 aromatic carbocycles. The van der Waals surface area contributed by atoms with E-state index in [-0.39, 0.29) is 11.3 Å². The Kier molecular flexibility index (Phi) is 2.88. The van der Waals surface area contributed by atoms with Gasteiger partial charge in [0.25, 0.3) is 0 Å². The molecule has 16 heavy (non-hydrogen) atoms. The standard InChI is InChI=1S/C12H16BrNO2/c1-7-10(15)8(12(14)4-3-5-12)6-9(13)11(7)16-2/h6,15H,3-5,14H2,1-2H3. The second-order valence-electron chi connectivity index (χ2n) is 4.42. The number of benzene rings is 1. The quantitative estimate of drug-likeness (QED) is 0.879. The van der Waals surface area contributed by atoms with Crippen molar-refractivity contribution in [2.75, 3.05) is 7.11 Å². The first-order chi connectivity index (χ1) is 7.49. The van der Waals surface area contributed by atoms with Crippen LogP contribution in [0.2, 0.25) is 0 Å². The minimum atomic E-state index is -0.358. The van der Waals surface area contributed by atoms with E-state index < -0.39 is 0 Å². The molecule has 1 aliphatic carbocycles. The number of phenols is 1. The average Bonchev–Trinajstić information content (AvgIpc) is 2.21. The summed E-state index contributed by atoms with van der Waals surface area (Å²) in [5, 5.41) is 10.2. The van der Waals surface area contributed by atoms with Gasteiger partial charge in [-0.15, -0.1) is 0 Å². The van der Waals surface area contributed by atoms with Crippen LogP contribution in [0.3, 0.4) is 0 Å². The topological polar surface area (TPSA) is 55.5 Å². The van der Waals surface area contributed by atoms with Crippen molar-refractivity contribution in [1.29, 1.82) is 0 Å². The number of phenolic OH excluding ortho intramolecular Hbond substituents is 1. The van der Waals surface area contributed by atoms with Crippen LogP contribution < -0.4 is 10.5 Å². The fraction of sp³-hybridized carbons (Fsp3) is 0.500. The van der Waals surface area contributed by atoms with Crippen LogP contribution >= 0.6 is 15.9 Å². The number of halogens is 1. The van der Waals surface area contributed by atoms with Crippen molar-refractivity contribution in [3.8, 4) is 11.5 Å². The molecular formula is C12H16BrNO2. The van der Waals surface area contributed by atoms with Gasteiger partial charge in [-0.2, -0.15) is 0 Å². The SMILES string of the molecule is COc1c(Br)cc(C2(N)CCC2)c(O)c1C. The highest BCUT2D eigenvalue weighted by molar-refractivity contribution is 9.10. The molecule has 0 saturated heterocycles. The van der Waals surface area contributed by atoms with E-state index in [4.69, 9.17) is 10.5 Å². The van der Waals surface area contributed by atoms with Crippen molar-refractivity contribution >= 4 is 15.9 Å². The third kappa shape index (κ3) is 1.60. The van der Waals surface area contributed by atoms with Crippen LogP contribution in [-0.2, 0) is 5.54 Å². The summed E-state index contributed by atoms with van der Waals surface area (Å²) in [5.74, 6) is 0.937. The Labute approximate surface area is 104 Å². The molecular weight excluding hydrogens is 270 g/mol. The van der Waals surface area contributed by atoms with E-state index >= 15 is 0 Å². The Morgan fingerprint density at radius 3 is 2.56 bits per heavy atom. The van der Waals surface area contributed by atoms with E-state index in [2.05, 4.69) is 15.9 Å². The molecule has 1 aromatic rings. The van der Waals surface area contributed by atoms with Crippen LogP contribution in [0.5, 0.6) is 11.5 Å².